The van der Waals surface area contributed by atoms with Gasteiger partial charge in [-0.25, -0.2) is 0 Å². The molecule has 0 bridgehead atoms. The largest absolute Gasteiger partial charge is 0.0716 e. The predicted molar refractivity (Wildman–Crippen MR) is 57.3 cm³/mol. The van der Waals surface area contributed by atoms with E-state index in [1.807, 2.05) is 0 Å². The molecule has 0 saturated heterocycles. The van der Waals surface area contributed by atoms with Gasteiger partial charge in [0.15, 0.2) is 0 Å². The summed E-state index contributed by atoms with van der Waals surface area (Å²) >= 11 is 0. The first-order valence-electron chi connectivity index (χ1n) is 5.17. The summed E-state index contributed by atoms with van der Waals surface area (Å²) in [4.78, 5) is 0. The molecule has 0 aromatic heterocycles. The van der Waals surface area contributed by atoms with Crippen molar-refractivity contribution in [2.24, 2.45) is 11.8 Å². The molecule has 0 aromatic carbocycles. The lowest BCUT2D eigenvalue weighted by molar-refractivity contribution is 0.611. The van der Waals surface area contributed by atoms with Crippen LogP contribution in [0.5, 0.6) is 0 Å². The molecule has 0 aliphatic rings. The Morgan fingerprint density at radius 2 is 1.58 bits per heavy atom. The summed E-state index contributed by atoms with van der Waals surface area (Å²) in [5.41, 5.74) is 3.27. The molecule has 0 aromatic rings. The normalized spacial score (nSPS) is 14.0. The van der Waals surface area contributed by atoms with Crippen LogP contribution in [-0.4, -0.2) is 0 Å². The molecule has 0 rings (SSSR count). The molecule has 0 unspecified atom stereocenters. The van der Waals surface area contributed by atoms with E-state index in [0.29, 0.717) is 0 Å². The van der Waals surface area contributed by atoms with Crippen molar-refractivity contribution >= 4 is 0 Å². The van der Waals surface area contributed by atoms with Crippen LogP contribution >= 0.6 is 0 Å². The second-order valence-electron chi connectivity index (χ2n) is 4.39. The Bertz CT molecular complexity index is 149. The van der Waals surface area contributed by atoms with Crippen molar-refractivity contribution in [2.45, 2.75) is 54.4 Å². The summed E-state index contributed by atoms with van der Waals surface area (Å²) < 4.78 is 0. The van der Waals surface area contributed by atoms with Gasteiger partial charge in [-0.2, -0.15) is 0 Å². The maximum absolute atomic E-state index is 2.29. The zero-order valence-electron chi connectivity index (χ0n) is 9.57. The highest BCUT2D eigenvalue weighted by molar-refractivity contribution is 5.13. The van der Waals surface area contributed by atoms with Crippen LogP contribution < -0.4 is 0 Å². The summed E-state index contributed by atoms with van der Waals surface area (Å²) in [5.74, 6) is 1.52. The van der Waals surface area contributed by atoms with Gasteiger partial charge in [-0.3, -0.25) is 0 Å². The Kier molecular flexibility index (Phi) is 5.28. The predicted octanol–water partition coefficient (Wildman–Crippen LogP) is 4.42. The van der Waals surface area contributed by atoms with Crippen molar-refractivity contribution in [3.63, 3.8) is 0 Å². The minimum absolute atomic E-state index is 0.721. The molecule has 0 saturated carbocycles. The Hall–Kier alpha value is -0.260. The van der Waals surface area contributed by atoms with Gasteiger partial charge in [0, 0.05) is 0 Å². The summed E-state index contributed by atoms with van der Waals surface area (Å²) in [6.45, 7) is 13.7. The molecule has 0 atom stereocenters. The van der Waals surface area contributed by atoms with E-state index in [4.69, 9.17) is 0 Å². The van der Waals surface area contributed by atoms with E-state index in [-0.39, 0.29) is 0 Å². The Labute approximate surface area is 78.1 Å². The maximum atomic E-state index is 2.29. The van der Waals surface area contributed by atoms with E-state index >= 15 is 0 Å². The number of hydrogen-bond donors (Lipinski definition) is 0. The number of allylic oxidation sites excluding steroid dienone is 2. The summed E-state index contributed by atoms with van der Waals surface area (Å²) in [7, 11) is 0. The molecular formula is C12H24. The van der Waals surface area contributed by atoms with E-state index in [1.54, 1.807) is 11.1 Å². The molecule has 0 heterocycles. The zero-order chi connectivity index (χ0) is 9.72. The second kappa shape index (κ2) is 5.40. The van der Waals surface area contributed by atoms with Gasteiger partial charge in [0.1, 0.15) is 0 Å². The van der Waals surface area contributed by atoms with Crippen LogP contribution in [0.4, 0.5) is 0 Å². The molecule has 0 N–H and O–H groups in total. The van der Waals surface area contributed by atoms with Crippen molar-refractivity contribution in [1.82, 2.24) is 0 Å². The quantitative estimate of drug-likeness (QED) is 0.545. The highest BCUT2D eigenvalue weighted by Gasteiger charge is 2.05. The number of hydrogen-bond acceptors (Lipinski definition) is 0. The fraction of sp³-hybridized carbons (Fsp3) is 0.833. The molecule has 0 amide bonds. The molecular weight excluding hydrogens is 144 g/mol. The highest BCUT2D eigenvalue weighted by Crippen LogP contribution is 2.22. The fourth-order valence-corrected chi connectivity index (χ4v) is 1.49. The third-order valence-corrected chi connectivity index (χ3v) is 2.51. The Morgan fingerprint density at radius 3 is 1.83 bits per heavy atom. The topological polar surface area (TPSA) is 0 Å². The van der Waals surface area contributed by atoms with Crippen molar-refractivity contribution in [1.29, 1.82) is 0 Å². The van der Waals surface area contributed by atoms with Crippen molar-refractivity contribution in [3.8, 4) is 0 Å². The highest BCUT2D eigenvalue weighted by atomic mass is 14.1. The van der Waals surface area contributed by atoms with Crippen molar-refractivity contribution in [2.75, 3.05) is 0 Å². The summed E-state index contributed by atoms with van der Waals surface area (Å²) in [6, 6.07) is 0. The fourth-order valence-electron chi connectivity index (χ4n) is 1.49. The average Bonchev–Trinajstić information content (AvgIpc) is 1.98. The molecule has 0 fully saturated rings. The minimum atomic E-state index is 0.721. The Balaban J connectivity index is 4.39. The first kappa shape index (κ1) is 11.7. The lowest BCUT2D eigenvalue weighted by Gasteiger charge is -2.15. The lowest BCUT2D eigenvalue weighted by Crippen LogP contribution is -1.99. The first-order chi connectivity index (χ1) is 5.49. The van der Waals surface area contributed by atoms with Gasteiger partial charge >= 0.3 is 0 Å². The van der Waals surface area contributed by atoms with Crippen LogP contribution in [0.25, 0.3) is 0 Å². The van der Waals surface area contributed by atoms with Crippen LogP contribution in [0.2, 0.25) is 0 Å². The molecule has 0 radical (unpaired) electrons. The van der Waals surface area contributed by atoms with E-state index in [9.17, 15) is 0 Å². The standard InChI is InChI=1S/C12H24/c1-7-12(8-9(2)3)11(6)10(4)5/h9-10H,7-8H2,1-6H3. The maximum Gasteiger partial charge on any atom is -0.0260 e. The molecule has 12 heavy (non-hydrogen) atoms. The van der Waals surface area contributed by atoms with Gasteiger partial charge in [-0.1, -0.05) is 45.8 Å². The number of rotatable bonds is 4. The second-order valence-corrected chi connectivity index (χ2v) is 4.39. The molecule has 0 aliphatic carbocycles. The van der Waals surface area contributed by atoms with Crippen LogP contribution in [0.15, 0.2) is 11.1 Å². The van der Waals surface area contributed by atoms with Gasteiger partial charge in [-0.05, 0) is 31.6 Å². The van der Waals surface area contributed by atoms with Crippen LogP contribution in [0.3, 0.4) is 0 Å². The first-order valence-corrected chi connectivity index (χ1v) is 5.17. The van der Waals surface area contributed by atoms with Crippen LogP contribution in [0.1, 0.15) is 54.4 Å². The van der Waals surface area contributed by atoms with Gasteiger partial charge in [-0.15, -0.1) is 0 Å². The molecule has 72 valence electrons. The lowest BCUT2D eigenvalue weighted by atomic mass is 9.91. The monoisotopic (exact) mass is 168 g/mol. The van der Waals surface area contributed by atoms with E-state index in [0.717, 1.165) is 11.8 Å². The van der Waals surface area contributed by atoms with Crippen molar-refractivity contribution in [3.05, 3.63) is 11.1 Å². The Morgan fingerprint density at radius 1 is 1.08 bits per heavy atom. The van der Waals surface area contributed by atoms with E-state index in [1.165, 1.54) is 12.8 Å². The zero-order valence-corrected chi connectivity index (χ0v) is 9.57. The third-order valence-electron chi connectivity index (χ3n) is 2.51. The van der Waals surface area contributed by atoms with Crippen molar-refractivity contribution < 1.29 is 0 Å². The van der Waals surface area contributed by atoms with Gasteiger partial charge < -0.3 is 0 Å². The molecule has 0 spiro atoms. The molecule has 0 heteroatoms. The van der Waals surface area contributed by atoms with Gasteiger partial charge in [0.05, 0.1) is 0 Å². The molecule has 0 nitrogen and oxygen atoms in total. The summed E-state index contributed by atoms with van der Waals surface area (Å²) in [6.07, 6.45) is 2.50. The molecule has 0 aliphatic heterocycles. The van der Waals surface area contributed by atoms with E-state index in [2.05, 4.69) is 41.5 Å². The van der Waals surface area contributed by atoms with Gasteiger partial charge in [0.2, 0.25) is 0 Å². The summed E-state index contributed by atoms with van der Waals surface area (Å²) in [5, 5.41) is 0. The van der Waals surface area contributed by atoms with Crippen LogP contribution in [0, 0.1) is 11.8 Å². The van der Waals surface area contributed by atoms with Crippen LogP contribution in [-0.2, 0) is 0 Å². The third kappa shape index (κ3) is 3.94. The van der Waals surface area contributed by atoms with E-state index < -0.39 is 0 Å². The van der Waals surface area contributed by atoms with Gasteiger partial charge in [0.25, 0.3) is 0 Å². The smallest absolute Gasteiger partial charge is 0.0260 e. The minimum Gasteiger partial charge on any atom is -0.0716 e. The SMILES string of the molecule is CCC(CC(C)C)=C(C)C(C)C. The average molecular weight is 168 g/mol.